The van der Waals surface area contributed by atoms with E-state index in [2.05, 4.69) is 10.0 Å². The molecule has 2 rings (SSSR count). The number of benzene rings is 1. The lowest BCUT2D eigenvalue weighted by Gasteiger charge is -2.11. The first-order valence-corrected chi connectivity index (χ1v) is 8.52. The highest BCUT2D eigenvalue weighted by molar-refractivity contribution is 7.89. The van der Waals surface area contributed by atoms with E-state index < -0.39 is 26.6 Å². The monoisotopic (exact) mass is 318 g/mol. The molecule has 7 heteroatoms. The Morgan fingerprint density at radius 3 is 2.57 bits per heavy atom. The zero-order chi connectivity index (χ0) is 15.6. The predicted octanol–water partition coefficient (Wildman–Crippen LogP) is 2.01. The maximum absolute atomic E-state index is 14.3. The van der Waals surface area contributed by atoms with Crippen molar-refractivity contribution in [3.8, 4) is 0 Å². The van der Waals surface area contributed by atoms with Gasteiger partial charge in [0.15, 0.2) is 5.82 Å². The number of rotatable bonds is 7. The lowest BCUT2D eigenvalue weighted by Crippen LogP contribution is -2.28. The van der Waals surface area contributed by atoms with E-state index in [0.29, 0.717) is 24.9 Å². The summed E-state index contributed by atoms with van der Waals surface area (Å²) < 4.78 is 54.6. The maximum atomic E-state index is 14.3. The Morgan fingerprint density at radius 1 is 1.33 bits per heavy atom. The van der Waals surface area contributed by atoms with Crippen molar-refractivity contribution in [2.24, 2.45) is 11.8 Å². The van der Waals surface area contributed by atoms with Gasteiger partial charge in [-0.3, -0.25) is 0 Å². The Labute approximate surface area is 124 Å². The van der Waals surface area contributed by atoms with Crippen LogP contribution in [-0.4, -0.2) is 21.5 Å². The van der Waals surface area contributed by atoms with Gasteiger partial charge in [0.2, 0.25) is 10.0 Å². The number of hydrogen-bond acceptors (Lipinski definition) is 3. The standard InChI is InChI=1S/C14H20F2N2O2S/c1-3-17-8-11-12(15)4-5-13(14(11)16)21(19,20)18-7-10-6-9(10)2/h4-5,9-10,17-18H,3,6-8H2,1-2H3. The molecule has 1 aliphatic carbocycles. The highest BCUT2D eigenvalue weighted by Crippen LogP contribution is 2.37. The number of halogens is 2. The average molecular weight is 318 g/mol. The highest BCUT2D eigenvalue weighted by atomic mass is 32.2. The summed E-state index contributed by atoms with van der Waals surface area (Å²) in [5, 5.41) is 2.80. The molecule has 4 nitrogen and oxygen atoms in total. The molecule has 1 aromatic rings. The molecule has 0 aliphatic heterocycles. The molecule has 0 radical (unpaired) electrons. The first kappa shape index (κ1) is 16.3. The van der Waals surface area contributed by atoms with E-state index in [1.54, 1.807) is 6.92 Å². The number of nitrogens with one attached hydrogen (secondary N) is 2. The van der Waals surface area contributed by atoms with Crippen LogP contribution in [0.25, 0.3) is 0 Å². The van der Waals surface area contributed by atoms with Crippen LogP contribution in [0.15, 0.2) is 17.0 Å². The summed E-state index contributed by atoms with van der Waals surface area (Å²) in [5.41, 5.74) is -0.250. The molecule has 2 N–H and O–H groups in total. The van der Waals surface area contributed by atoms with E-state index in [1.807, 2.05) is 6.92 Å². The van der Waals surface area contributed by atoms with Crippen molar-refractivity contribution >= 4 is 10.0 Å². The Bertz CT molecular complexity index is 620. The van der Waals surface area contributed by atoms with Gasteiger partial charge in [-0.15, -0.1) is 0 Å². The minimum atomic E-state index is -3.95. The van der Waals surface area contributed by atoms with E-state index in [0.717, 1.165) is 18.6 Å². The Hall–Kier alpha value is -1.05. The van der Waals surface area contributed by atoms with Crippen molar-refractivity contribution < 1.29 is 17.2 Å². The quantitative estimate of drug-likeness (QED) is 0.808. The van der Waals surface area contributed by atoms with Crippen LogP contribution < -0.4 is 10.0 Å². The summed E-state index contributed by atoms with van der Waals surface area (Å²) in [6, 6.07) is 1.96. The predicted molar refractivity (Wildman–Crippen MR) is 76.2 cm³/mol. The summed E-state index contributed by atoms with van der Waals surface area (Å²) in [6.45, 7) is 4.62. The van der Waals surface area contributed by atoms with Gasteiger partial charge in [-0.05, 0) is 36.9 Å². The van der Waals surface area contributed by atoms with Crippen LogP contribution in [0.4, 0.5) is 8.78 Å². The lowest BCUT2D eigenvalue weighted by atomic mass is 10.2. The van der Waals surface area contributed by atoms with Gasteiger partial charge in [0.05, 0.1) is 0 Å². The van der Waals surface area contributed by atoms with Crippen molar-refractivity contribution in [1.29, 1.82) is 0 Å². The molecular weight excluding hydrogens is 298 g/mol. The summed E-state index contributed by atoms with van der Waals surface area (Å²) in [4.78, 5) is -0.495. The topological polar surface area (TPSA) is 58.2 Å². The second-order valence-electron chi connectivity index (χ2n) is 5.44. The molecule has 0 spiro atoms. The molecule has 1 saturated carbocycles. The Balaban J connectivity index is 2.21. The van der Waals surface area contributed by atoms with Gasteiger partial charge in [-0.25, -0.2) is 21.9 Å². The van der Waals surface area contributed by atoms with E-state index in [-0.39, 0.29) is 12.1 Å². The third-order valence-corrected chi connectivity index (χ3v) is 5.24. The molecule has 2 atom stereocenters. The molecule has 0 heterocycles. The molecule has 0 saturated heterocycles. The lowest BCUT2D eigenvalue weighted by molar-refractivity contribution is 0.513. The fraction of sp³-hybridized carbons (Fsp3) is 0.571. The first-order chi connectivity index (χ1) is 9.86. The van der Waals surface area contributed by atoms with Gasteiger partial charge in [0.25, 0.3) is 0 Å². The van der Waals surface area contributed by atoms with E-state index in [4.69, 9.17) is 0 Å². The van der Waals surface area contributed by atoms with Crippen molar-refractivity contribution in [3.05, 3.63) is 29.3 Å². The molecule has 21 heavy (non-hydrogen) atoms. The largest absolute Gasteiger partial charge is 0.313 e. The van der Waals surface area contributed by atoms with Crippen molar-refractivity contribution in [2.45, 2.75) is 31.7 Å². The maximum Gasteiger partial charge on any atom is 0.243 e. The van der Waals surface area contributed by atoms with Gasteiger partial charge in [0, 0.05) is 18.7 Å². The summed E-state index contributed by atoms with van der Waals surface area (Å²) >= 11 is 0. The number of hydrogen-bond donors (Lipinski definition) is 2. The van der Waals surface area contributed by atoms with Gasteiger partial charge in [-0.1, -0.05) is 13.8 Å². The molecule has 0 bridgehead atoms. The van der Waals surface area contributed by atoms with Crippen LogP contribution in [0.1, 0.15) is 25.8 Å². The zero-order valence-corrected chi connectivity index (χ0v) is 12.9. The van der Waals surface area contributed by atoms with E-state index >= 15 is 0 Å². The second-order valence-corrected chi connectivity index (χ2v) is 7.18. The Morgan fingerprint density at radius 2 is 2.00 bits per heavy atom. The summed E-state index contributed by atoms with van der Waals surface area (Å²) in [7, 11) is -3.95. The molecule has 2 unspecified atom stereocenters. The molecule has 0 aromatic heterocycles. The van der Waals surface area contributed by atoms with E-state index in [9.17, 15) is 17.2 Å². The molecule has 118 valence electrons. The molecule has 1 aromatic carbocycles. The van der Waals surface area contributed by atoms with Crippen LogP contribution in [0, 0.1) is 23.5 Å². The second kappa shape index (κ2) is 6.37. The van der Waals surface area contributed by atoms with Gasteiger partial charge in [0.1, 0.15) is 10.7 Å². The minimum Gasteiger partial charge on any atom is -0.313 e. The molecule has 1 fully saturated rings. The van der Waals surface area contributed by atoms with Crippen LogP contribution in [0.3, 0.4) is 0 Å². The van der Waals surface area contributed by atoms with Crippen LogP contribution in [0.5, 0.6) is 0 Å². The van der Waals surface area contributed by atoms with Crippen LogP contribution in [0.2, 0.25) is 0 Å². The number of sulfonamides is 1. The zero-order valence-electron chi connectivity index (χ0n) is 12.1. The van der Waals surface area contributed by atoms with Gasteiger partial charge in [-0.2, -0.15) is 0 Å². The Kier molecular flexibility index (Phi) is 4.95. The molecule has 0 amide bonds. The highest BCUT2D eigenvalue weighted by Gasteiger charge is 2.34. The fourth-order valence-electron chi connectivity index (χ4n) is 2.17. The smallest absolute Gasteiger partial charge is 0.243 e. The normalized spacial score (nSPS) is 21.5. The van der Waals surface area contributed by atoms with Crippen LogP contribution >= 0.6 is 0 Å². The van der Waals surface area contributed by atoms with Crippen molar-refractivity contribution in [3.63, 3.8) is 0 Å². The van der Waals surface area contributed by atoms with Crippen molar-refractivity contribution in [2.75, 3.05) is 13.1 Å². The SMILES string of the molecule is CCNCc1c(F)ccc(S(=O)(=O)NCC2CC2C)c1F. The summed E-state index contributed by atoms with van der Waals surface area (Å²) in [5.74, 6) is -0.963. The fourth-order valence-corrected chi connectivity index (χ4v) is 3.37. The third kappa shape index (κ3) is 3.78. The third-order valence-electron chi connectivity index (χ3n) is 3.80. The average Bonchev–Trinajstić information content (AvgIpc) is 3.12. The van der Waals surface area contributed by atoms with Gasteiger partial charge < -0.3 is 5.32 Å². The molecule has 1 aliphatic rings. The van der Waals surface area contributed by atoms with Crippen LogP contribution in [-0.2, 0) is 16.6 Å². The van der Waals surface area contributed by atoms with Crippen molar-refractivity contribution in [1.82, 2.24) is 10.0 Å². The van der Waals surface area contributed by atoms with Gasteiger partial charge >= 0.3 is 0 Å². The first-order valence-electron chi connectivity index (χ1n) is 7.04. The van der Waals surface area contributed by atoms with E-state index in [1.165, 1.54) is 0 Å². The minimum absolute atomic E-state index is 0.0445. The molecular formula is C14H20F2N2O2S. The summed E-state index contributed by atoms with van der Waals surface area (Å²) in [6.07, 6.45) is 0.972.